The van der Waals surface area contributed by atoms with Gasteiger partial charge in [-0.05, 0) is 32.2 Å². The number of fused-ring (bicyclic) bond motifs is 1. The van der Waals surface area contributed by atoms with Crippen LogP contribution >= 0.6 is 0 Å². The maximum Gasteiger partial charge on any atom is 0.317 e. The van der Waals surface area contributed by atoms with Crippen molar-refractivity contribution in [1.29, 1.82) is 0 Å². The zero-order valence-electron chi connectivity index (χ0n) is 12.7. The molecule has 1 unspecified atom stereocenters. The van der Waals surface area contributed by atoms with Crippen molar-refractivity contribution < 1.29 is 24.2 Å². The molecule has 2 rings (SSSR count). The van der Waals surface area contributed by atoms with E-state index < -0.39 is 12.1 Å². The number of hydrogen-bond acceptors (Lipinski definition) is 5. The molecule has 1 aliphatic rings. The number of benzene rings is 1. The lowest BCUT2D eigenvalue weighted by atomic mass is 10.1. The van der Waals surface area contributed by atoms with Crippen molar-refractivity contribution in [2.45, 2.75) is 13.0 Å². The Morgan fingerprint density at radius 2 is 2.05 bits per heavy atom. The fourth-order valence-corrected chi connectivity index (χ4v) is 2.31. The Morgan fingerprint density at radius 1 is 1.36 bits per heavy atom. The van der Waals surface area contributed by atoms with Crippen molar-refractivity contribution in [2.75, 3.05) is 32.1 Å². The molecule has 22 heavy (non-hydrogen) atoms. The molecule has 118 valence electrons. The number of aliphatic carboxylic acids is 1. The van der Waals surface area contributed by atoms with Gasteiger partial charge in [0.15, 0.2) is 11.9 Å². The summed E-state index contributed by atoms with van der Waals surface area (Å²) in [7, 11) is 3.19. The van der Waals surface area contributed by atoms with Crippen LogP contribution in [-0.2, 0) is 9.59 Å². The summed E-state index contributed by atoms with van der Waals surface area (Å²) < 4.78 is 5.49. The molecule has 1 N–H and O–H groups in total. The largest absolute Gasteiger partial charge is 0.480 e. The van der Waals surface area contributed by atoms with Crippen LogP contribution in [0, 0.1) is 0 Å². The van der Waals surface area contributed by atoms with E-state index in [0.717, 1.165) is 0 Å². The molecule has 0 aliphatic carbocycles. The van der Waals surface area contributed by atoms with Gasteiger partial charge in [-0.3, -0.25) is 19.3 Å². The van der Waals surface area contributed by atoms with E-state index in [4.69, 9.17) is 9.84 Å². The first-order chi connectivity index (χ1) is 10.3. The highest BCUT2D eigenvalue weighted by molar-refractivity contribution is 6.03. The summed E-state index contributed by atoms with van der Waals surface area (Å²) in [6.07, 6.45) is -0.555. The van der Waals surface area contributed by atoms with Gasteiger partial charge in [-0.25, -0.2) is 0 Å². The Kier molecular flexibility index (Phi) is 4.46. The van der Waals surface area contributed by atoms with Crippen LogP contribution in [0.2, 0.25) is 0 Å². The van der Waals surface area contributed by atoms with E-state index in [2.05, 4.69) is 0 Å². The minimum absolute atomic E-state index is 0.0139. The number of hydrogen-bond donors (Lipinski definition) is 1. The lowest BCUT2D eigenvalue weighted by Crippen LogP contribution is -2.42. The Hall–Kier alpha value is -2.41. The third-order valence-electron chi connectivity index (χ3n) is 3.44. The number of Topliss-reactive ketones (excluding diaryl/α,β-unsaturated/α-hetero) is 1. The summed E-state index contributed by atoms with van der Waals surface area (Å²) >= 11 is 0. The highest BCUT2D eigenvalue weighted by Gasteiger charge is 2.29. The van der Waals surface area contributed by atoms with Gasteiger partial charge in [0.25, 0.3) is 5.91 Å². The van der Waals surface area contributed by atoms with Gasteiger partial charge in [-0.1, -0.05) is 0 Å². The number of amides is 1. The van der Waals surface area contributed by atoms with Gasteiger partial charge in [-0.2, -0.15) is 0 Å². The number of carboxylic acid groups (broad SMARTS) is 1. The normalized spacial score (nSPS) is 17.2. The van der Waals surface area contributed by atoms with Crippen LogP contribution in [0.3, 0.4) is 0 Å². The molecule has 0 aromatic heterocycles. The number of nitrogens with zero attached hydrogens (tertiary/aromatic N) is 2. The molecule has 7 nitrogen and oxygen atoms in total. The van der Waals surface area contributed by atoms with Crippen LogP contribution in [0.15, 0.2) is 18.2 Å². The molecule has 1 heterocycles. The fraction of sp³-hybridized carbons (Fsp3) is 0.400. The summed E-state index contributed by atoms with van der Waals surface area (Å²) in [5, 5.41) is 8.70. The number of ketones is 1. The molecular weight excluding hydrogens is 288 g/mol. The van der Waals surface area contributed by atoms with Crippen molar-refractivity contribution in [2.24, 2.45) is 0 Å². The first kappa shape index (κ1) is 16.0. The Labute approximate surface area is 128 Å². The van der Waals surface area contributed by atoms with E-state index >= 15 is 0 Å². The molecule has 0 bridgehead atoms. The first-order valence-corrected chi connectivity index (χ1v) is 6.81. The molecular formula is C15H18N2O5. The number of likely N-dealkylation sites (N-methyl/N-ethyl adjacent to an activating group) is 2. The average molecular weight is 306 g/mol. The Bertz CT molecular complexity index is 628. The van der Waals surface area contributed by atoms with Crippen molar-refractivity contribution in [3.8, 4) is 5.75 Å². The molecule has 7 heteroatoms. The van der Waals surface area contributed by atoms with E-state index in [0.29, 0.717) is 17.0 Å². The van der Waals surface area contributed by atoms with Gasteiger partial charge in [0.2, 0.25) is 0 Å². The van der Waals surface area contributed by atoms with Crippen molar-refractivity contribution in [1.82, 2.24) is 4.90 Å². The summed E-state index contributed by atoms with van der Waals surface area (Å²) in [5.74, 6) is -0.843. The maximum atomic E-state index is 12.2. The van der Waals surface area contributed by atoms with Crippen LogP contribution in [0.25, 0.3) is 0 Å². The van der Waals surface area contributed by atoms with Gasteiger partial charge >= 0.3 is 5.97 Å². The summed E-state index contributed by atoms with van der Waals surface area (Å²) in [6, 6.07) is 4.86. The quantitative estimate of drug-likeness (QED) is 0.803. The summed E-state index contributed by atoms with van der Waals surface area (Å²) in [6.45, 7) is 1.44. The third kappa shape index (κ3) is 3.25. The molecule has 0 radical (unpaired) electrons. The molecule has 0 spiro atoms. The van der Waals surface area contributed by atoms with Crippen LogP contribution in [0.1, 0.15) is 17.3 Å². The minimum Gasteiger partial charge on any atom is -0.480 e. The zero-order chi connectivity index (χ0) is 16.4. The van der Waals surface area contributed by atoms with Gasteiger partial charge in [-0.15, -0.1) is 0 Å². The number of carbonyl (C=O) groups excluding carboxylic acids is 2. The van der Waals surface area contributed by atoms with E-state index in [-0.39, 0.29) is 24.8 Å². The first-order valence-electron chi connectivity index (χ1n) is 6.81. The van der Waals surface area contributed by atoms with Gasteiger partial charge < -0.3 is 14.7 Å². The molecule has 1 aliphatic heterocycles. The molecule has 0 saturated heterocycles. The molecule has 0 saturated carbocycles. The van der Waals surface area contributed by atoms with Crippen LogP contribution in [0.5, 0.6) is 5.75 Å². The van der Waals surface area contributed by atoms with Crippen LogP contribution in [-0.4, -0.2) is 61.0 Å². The average Bonchev–Trinajstić information content (AvgIpc) is 2.43. The summed E-state index contributed by atoms with van der Waals surface area (Å²) in [4.78, 5) is 37.6. The van der Waals surface area contributed by atoms with E-state index in [9.17, 15) is 14.4 Å². The molecule has 1 amide bonds. The molecule has 1 aromatic rings. The van der Waals surface area contributed by atoms with Gasteiger partial charge in [0, 0.05) is 12.6 Å². The number of ether oxygens (including phenoxy) is 1. The second kappa shape index (κ2) is 6.15. The lowest BCUT2D eigenvalue weighted by molar-refractivity contribution is -0.137. The number of anilines is 1. The monoisotopic (exact) mass is 306 g/mol. The fourth-order valence-electron chi connectivity index (χ4n) is 2.31. The van der Waals surface area contributed by atoms with E-state index in [1.54, 1.807) is 39.2 Å². The predicted molar refractivity (Wildman–Crippen MR) is 79.4 cm³/mol. The predicted octanol–water partition coefficient (Wildman–Crippen LogP) is 0.629. The minimum atomic E-state index is -0.992. The SMILES string of the molecule is CC1Oc2ccc(C(=O)CN(C)CC(=O)O)cc2N(C)C1=O. The Balaban J connectivity index is 2.19. The van der Waals surface area contributed by atoms with Crippen LogP contribution < -0.4 is 9.64 Å². The summed E-state index contributed by atoms with van der Waals surface area (Å²) in [5.41, 5.74) is 0.948. The molecule has 1 aromatic carbocycles. The topological polar surface area (TPSA) is 87.2 Å². The van der Waals surface area contributed by atoms with Crippen molar-refractivity contribution >= 4 is 23.3 Å². The third-order valence-corrected chi connectivity index (χ3v) is 3.44. The molecule has 1 atom stereocenters. The zero-order valence-corrected chi connectivity index (χ0v) is 12.7. The van der Waals surface area contributed by atoms with Crippen LogP contribution in [0.4, 0.5) is 5.69 Å². The van der Waals surface area contributed by atoms with Gasteiger partial charge in [0.1, 0.15) is 5.75 Å². The second-order valence-electron chi connectivity index (χ2n) is 5.33. The highest BCUT2D eigenvalue weighted by atomic mass is 16.5. The van der Waals surface area contributed by atoms with Crippen molar-refractivity contribution in [3.63, 3.8) is 0 Å². The second-order valence-corrected chi connectivity index (χ2v) is 5.33. The number of carbonyl (C=O) groups is 3. The van der Waals surface area contributed by atoms with Crippen molar-refractivity contribution in [3.05, 3.63) is 23.8 Å². The maximum absolute atomic E-state index is 12.2. The van der Waals surface area contributed by atoms with E-state index in [1.165, 1.54) is 9.80 Å². The Morgan fingerprint density at radius 3 is 2.68 bits per heavy atom. The number of rotatable bonds is 5. The molecule has 0 fully saturated rings. The highest BCUT2D eigenvalue weighted by Crippen LogP contribution is 2.34. The standard InChI is InChI=1S/C15H18N2O5/c1-9-15(21)17(3)11-6-10(4-5-13(11)22-9)12(18)7-16(2)8-14(19)20/h4-6,9H,7-8H2,1-3H3,(H,19,20). The lowest BCUT2D eigenvalue weighted by Gasteiger charge is -2.30. The smallest absolute Gasteiger partial charge is 0.317 e. The number of carboxylic acids is 1. The van der Waals surface area contributed by atoms with E-state index in [1.807, 2.05) is 0 Å². The van der Waals surface area contributed by atoms with Gasteiger partial charge in [0.05, 0.1) is 18.8 Å².